The van der Waals surface area contributed by atoms with Crippen LogP contribution in [0.2, 0.25) is 0 Å². The first-order valence-electron chi connectivity index (χ1n) is 8.45. The number of thiazole rings is 1. The number of ketones is 1. The van der Waals surface area contributed by atoms with Crippen molar-refractivity contribution >= 4 is 34.2 Å². The molecular weight excluding hydrogens is 358 g/mol. The van der Waals surface area contributed by atoms with E-state index < -0.39 is 6.10 Å². The zero-order valence-corrected chi connectivity index (χ0v) is 15.4. The van der Waals surface area contributed by atoms with E-state index in [0.717, 1.165) is 33.3 Å². The predicted octanol–water partition coefficient (Wildman–Crippen LogP) is 4.37. The number of fused-ring (bicyclic) bond motifs is 1. The molecule has 0 fully saturated rings. The highest BCUT2D eigenvalue weighted by molar-refractivity contribution is 7.09. The van der Waals surface area contributed by atoms with Crippen molar-refractivity contribution in [3.63, 3.8) is 0 Å². The topological polar surface area (TPSA) is 78.9 Å². The molecule has 0 aliphatic carbocycles. The molecule has 0 saturated carbocycles. The van der Waals surface area contributed by atoms with Crippen LogP contribution < -0.4 is 0 Å². The lowest BCUT2D eigenvalue weighted by Gasteiger charge is -2.09. The Morgan fingerprint density at radius 2 is 2.04 bits per heavy atom. The summed E-state index contributed by atoms with van der Waals surface area (Å²) < 4.78 is 0. The second-order valence-corrected chi connectivity index (χ2v) is 7.13. The Bertz CT molecular complexity index is 1110. The Morgan fingerprint density at radius 1 is 1.22 bits per heavy atom. The number of aliphatic hydroxyl groups excluding tert-OH is 1. The molecule has 4 aromatic rings. The van der Waals surface area contributed by atoms with Gasteiger partial charge in [0, 0.05) is 40.5 Å². The minimum absolute atomic E-state index is 0.00263. The van der Waals surface area contributed by atoms with Gasteiger partial charge in [0.1, 0.15) is 16.8 Å². The standard InChI is InChI=1S/C21H17N3O2S/c1-13(25)2-3-16-11-23-20-18(16)10-17(12-24-20)14-4-6-15(7-5-14)19(26)21-22-8-9-27-21/h2-12,19,26H,1H3,(H,23,24)/b3-2+. The lowest BCUT2D eigenvalue weighted by Crippen LogP contribution is -1.98. The Labute approximate surface area is 160 Å². The smallest absolute Gasteiger partial charge is 0.152 e. The molecule has 4 rings (SSSR count). The van der Waals surface area contributed by atoms with E-state index in [1.165, 1.54) is 18.3 Å². The van der Waals surface area contributed by atoms with Gasteiger partial charge in [0.2, 0.25) is 0 Å². The number of benzene rings is 1. The van der Waals surface area contributed by atoms with Gasteiger partial charge in [-0.25, -0.2) is 9.97 Å². The van der Waals surface area contributed by atoms with Gasteiger partial charge < -0.3 is 10.1 Å². The van der Waals surface area contributed by atoms with Crippen molar-refractivity contribution in [3.05, 3.63) is 76.5 Å². The molecule has 0 amide bonds. The van der Waals surface area contributed by atoms with Gasteiger partial charge in [-0.3, -0.25) is 4.79 Å². The van der Waals surface area contributed by atoms with Crippen molar-refractivity contribution in [3.8, 4) is 11.1 Å². The maximum absolute atomic E-state index is 11.2. The van der Waals surface area contributed by atoms with E-state index in [1.807, 2.05) is 48.1 Å². The van der Waals surface area contributed by atoms with Gasteiger partial charge in [-0.15, -0.1) is 11.3 Å². The molecule has 0 radical (unpaired) electrons. The fraction of sp³-hybridized carbons (Fsp3) is 0.0952. The van der Waals surface area contributed by atoms with Gasteiger partial charge in [0.15, 0.2) is 5.78 Å². The molecule has 1 aromatic carbocycles. The number of nitrogens with one attached hydrogen (secondary N) is 1. The van der Waals surface area contributed by atoms with Crippen LogP contribution in [0.25, 0.3) is 28.2 Å². The van der Waals surface area contributed by atoms with Gasteiger partial charge in [0.25, 0.3) is 0 Å². The van der Waals surface area contributed by atoms with Crippen LogP contribution in [-0.2, 0) is 4.79 Å². The molecule has 0 spiro atoms. The van der Waals surface area contributed by atoms with Crippen LogP contribution in [0.3, 0.4) is 0 Å². The summed E-state index contributed by atoms with van der Waals surface area (Å²) >= 11 is 1.43. The number of aromatic amines is 1. The first kappa shape index (κ1) is 17.3. The van der Waals surface area contributed by atoms with Crippen LogP contribution in [0.15, 0.2) is 60.4 Å². The van der Waals surface area contributed by atoms with Crippen LogP contribution in [0.1, 0.15) is 29.2 Å². The average molecular weight is 375 g/mol. The number of allylic oxidation sites excluding steroid dienone is 1. The summed E-state index contributed by atoms with van der Waals surface area (Å²) in [5.41, 5.74) is 4.47. The number of carbonyl (C=O) groups excluding carboxylic acids is 1. The monoisotopic (exact) mass is 375 g/mol. The predicted molar refractivity (Wildman–Crippen MR) is 107 cm³/mol. The van der Waals surface area contributed by atoms with Crippen LogP contribution >= 0.6 is 11.3 Å². The van der Waals surface area contributed by atoms with Gasteiger partial charge in [-0.05, 0) is 36.3 Å². The van der Waals surface area contributed by atoms with Crippen molar-refractivity contribution in [2.45, 2.75) is 13.0 Å². The third kappa shape index (κ3) is 3.58. The fourth-order valence-corrected chi connectivity index (χ4v) is 3.54. The molecule has 0 bridgehead atoms. The zero-order valence-electron chi connectivity index (χ0n) is 14.6. The average Bonchev–Trinajstić information content (AvgIpc) is 3.35. The summed E-state index contributed by atoms with van der Waals surface area (Å²) in [7, 11) is 0. The van der Waals surface area contributed by atoms with E-state index >= 15 is 0 Å². The summed E-state index contributed by atoms with van der Waals surface area (Å²) in [6.45, 7) is 1.52. The normalized spacial score (nSPS) is 12.7. The van der Waals surface area contributed by atoms with E-state index in [1.54, 1.807) is 18.3 Å². The van der Waals surface area contributed by atoms with Crippen LogP contribution in [0.4, 0.5) is 0 Å². The second kappa shape index (κ2) is 7.26. The molecule has 27 heavy (non-hydrogen) atoms. The van der Waals surface area contributed by atoms with E-state index in [-0.39, 0.29) is 5.78 Å². The quantitative estimate of drug-likeness (QED) is 0.508. The van der Waals surface area contributed by atoms with Crippen molar-refractivity contribution in [2.24, 2.45) is 0 Å². The molecule has 0 aliphatic heterocycles. The van der Waals surface area contributed by atoms with Crippen molar-refractivity contribution < 1.29 is 9.90 Å². The minimum Gasteiger partial charge on any atom is -0.381 e. The van der Waals surface area contributed by atoms with Crippen molar-refractivity contribution in [2.75, 3.05) is 0 Å². The molecule has 3 aromatic heterocycles. The SMILES string of the molecule is CC(=O)/C=C/c1c[nH]c2ncc(-c3ccc(C(O)c4nccs4)cc3)cc12. The number of carbonyl (C=O) groups is 1. The minimum atomic E-state index is -0.715. The molecule has 2 N–H and O–H groups in total. The van der Waals surface area contributed by atoms with Gasteiger partial charge in [0.05, 0.1) is 0 Å². The van der Waals surface area contributed by atoms with Crippen LogP contribution in [-0.4, -0.2) is 25.8 Å². The summed E-state index contributed by atoms with van der Waals surface area (Å²) in [6, 6.07) is 9.78. The first-order chi connectivity index (χ1) is 13.1. The number of aliphatic hydroxyl groups is 1. The number of H-pyrrole nitrogens is 1. The maximum Gasteiger partial charge on any atom is 0.152 e. The van der Waals surface area contributed by atoms with Crippen molar-refractivity contribution in [1.82, 2.24) is 15.0 Å². The number of rotatable bonds is 5. The zero-order chi connectivity index (χ0) is 18.8. The first-order valence-corrected chi connectivity index (χ1v) is 9.33. The summed E-state index contributed by atoms with van der Waals surface area (Å²) in [6.07, 6.45) is 7.96. The second-order valence-electron chi connectivity index (χ2n) is 6.20. The Kier molecular flexibility index (Phi) is 4.66. The molecule has 0 aliphatic rings. The van der Waals surface area contributed by atoms with E-state index in [2.05, 4.69) is 15.0 Å². The highest BCUT2D eigenvalue weighted by atomic mass is 32.1. The molecule has 5 nitrogen and oxygen atoms in total. The summed E-state index contributed by atoms with van der Waals surface area (Å²) in [5, 5.41) is 13.9. The number of hydrogen-bond donors (Lipinski definition) is 2. The van der Waals surface area contributed by atoms with E-state index in [4.69, 9.17) is 0 Å². The highest BCUT2D eigenvalue weighted by Gasteiger charge is 2.13. The lowest BCUT2D eigenvalue weighted by atomic mass is 10.0. The van der Waals surface area contributed by atoms with Gasteiger partial charge in [-0.2, -0.15) is 0 Å². The molecule has 3 heterocycles. The molecule has 1 unspecified atom stereocenters. The largest absolute Gasteiger partial charge is 0.381 e. The molecule has 0 saturated heterocycles. The van der Waals surface area contributed by atoms with Crippen LogP contribution in [0.5, 0.6) is 0 Å². The molecular formula is C21H17N3O2S. The Hall–Kier alpha value is -3.09. The fourth-order valence-electron chi connectivity index (χ4n) is 2.90. The maximum atomic E-state index is 11.2. The number of pyridine rings is 1. The number of aromatic nitrogens is 3. The third-order valence-corrected chi connectivity index (χ3v) is 5.13. The molecule has 6 heteroatoms. The van der Waals surface area contributed by atoms with Crippen LogP contribution in [0, 0.1) is 0 Å². The summed E-state index contributed by atoms with van der Waals surface area (Å²) in [4.78, 5) is 23.0. The Morgan fingerprint density at radius 3 is 2.74 bits per heavy atom. The molecule has 134 valence electrons. The number of hydrogen-bond acceptors (Lipinski definition) is 5. The Balaban J connectivity index is 1.65. The van der Waals surface area contributed by atoms with Gasteiger partial charge >= 0.3 is 0 Å². The summed E-state index contributed by atoms with van der Waals surface area (Å²) in [5.74, 6) is 0.00263. The van der Waals surface area contributed by atoms with E-state index in [0.29, 0.717) is 5.01 Å². The van der Waals surface area contributed by atoms with Gasteiger partial charge in [-0.1, -0.05) is 24.3 Å². The van der Waals surface area contributed by atoms with Crippen molar-refractivity contribution in [1.29, 1.82) is 0 Å². The third-order valence-electron chi connectivity index (χ3n) is 4.31. The highest BCUT2D eigenvalue weighted by Crippen LogP contribution is 2.28. The molecule has 1 atom stereocenters. The number of nitrogens with zero attached hydrogens (tertiary/aromatic N) is 2. The lowest BCUT2D eigenvalue weighted by molar-refractivity contribution is -0.112. The van der Waals surface area contributed by atoms with E-state index in [9.17, 15) is 9.90 Å².